The summed E-state index contributed by atoms with van der Waals surface area (Å²) in [5.41, 5.74) is 8.91. The lowest BCUT2D eigenvalue weighted by molar-refractivity contribution is 0.580. The zero-order chi connectivity index (χ0) is 14.3. The number of aryl methyl sites for hydroxylation is 1. The highest BCUT2D eigenvalue weighted by atomic mass is 15.1. The third-order valence-corrected chi connectivity index (χ3v) is 4.12. The number of likely N-dealkylation sites (N-methyl/N-ethyl adjacent to an activating group) is 1. The Balaban J connectivity index is 2.09. The van der Waals surface area contributed by atoms with E-state index < -0.39 is 0 Å². The molecule has 0 N–H and O–H groups in total. The maximum absolute atomic E-state index is 4.30. The predicted octanol–water partition coefficient (Wildman–Crippen LogP) is 4.23. The van der Waals surface area contributed by atoms with Gasteiger partial charge in [0, 0.05) is 42.0 Å². The van der Waals surface area contributed by atoms with Crippen LogP contribution in [0, 0.1) is 6.92 Å². The molecule has 0 bridgehead atoms. The van der Waals surface area contributed by atoms with Crippen LogP contribution in [0.5, 0.6) is 0 Å². The molecular weight excluding hydrogens is 244 g/mol. The van der Waals surface area contributed by atoms with Gasteiger partial charge in [0.15, 0.2) is 0 Å². The number of rotatable bonds is 2. The van der Waals surface area contributed by atoms with Gasteiger partial charge in [-0.1, -0.05) is 25.2 Å². The van der Waals surface area contributed by atoms with Crippen LogP contribution in [0.3, 0.4) is 0 Å². The van der Waals surface area contributed by atoms with Gasteiger partial charge in [0.05, 0.1) is 0 Å². The van der Waals surface area contributed by atoms with Crippen molar-refractivity contribution in [2.45, 2.75) is 26.7 Å². The second-order valence-corrected chi connectivity index (χ2v) is 5.51. The number of pyridine rings is 1. The molecule has 0 radical (unpaired) electrons. The van der Waals surface area contributed by atoms with Gasteiger partial charge >= 0.3 is 0 Å². The number of hydrogen-bond acceptors (Lipinski definition) is 2. The van der Waals surface area contributed by atoms with Gasteiger partial charge in [0.2, 0.25) is 0 Å². The highest BCUT2D eigenvalue weighted by Gasteiger charge is 2.26. The van der Waals surface area contributed by atoms with Crippen molar-refractivity contribution in [3.05, 3.63) is 70.9 Å². The molecule has 0 fully saturated rings. The van der Waals surface area contributed by atoms with Gasteiger partial charge in [-0.15, -0.1) is 0 Å². The van der Waals surface area contributed by atoms with E-state index in [1.54, 1.807) is 0 Å². The van der Waals surface area contributed by atoms with Crippen LogP contribution in [0.1, 0.15) is 31.0 Å². The zero-order valence-electron chi connectivity index (χ0n) is 12.4. The Labute approximate surface area is 120 Å². The third kappa shape index (κ3) is 2.01. The molecule has 2 heterocycles. The molecule has 2 aliphatic rings. The van der Waals surface area contributed by atoms with E-state index >= 15 is 0 Å². The predicted molar refractivity (Wildman–Crippen MR) is 83.9 cm³/mol. The Kier molecular flexibility index (Phi) is 3.09. The monoisotopic (exact) mass is 264 g/mol. The molecule has 0 unspecified atom stereocenters. The molecule has 102 valence electrons. The van der Waals surface area contributed by atoms with Gasteiger partial charge < -0.3 is 4.90 Å². The van der Waals surface area contributed by atoms with Gasteiger partial charge in [0.25, 0.3) is 0 Å². The van der Waals surface area contributed by atoms with Crippen molar-refractivity contribution in [2.75, 3.05) is 7.05 Å². The maximum atomic E-state index is 4.30. The van der Waals surface area contributed by atoms with E-state index in [9.17, 15) is 0 Å². The average molecular weight is 264 g/mol. The van der Waals surface area contributed by atoms with Gasteiger partial charge in [-0.3, -0.25) is 4.98 Å². The van der Waals surface area contributed by atoms with E-state index in [0.717, 1.165) is 24.2 Å². The standard InChI is InChI=1S/C18H20N2/c1-5-14-9-16-13(3)20(4)11-18(17(16)10-14)15-6-7-19-12(2)8-15/h6-9,11H,3,5,10H2,1-2,4H3. The minimum Gasteiger partial charge on any atom is -0.350 e. The van der Waals surface area contributed by atoms with Crippen LogP contribution in [-0.2, 0) is 0 Å². The first-order chi connectivity index (χ1) is 9.60. The first-order valence-corrected chi connectivity index (χ1v) is 7.10. The first kappa shape index (κ1) is 12.9. The van der Waals surface area contributed by atoms with Crippen LogP contribution in [0.25, 0.3) is 5.57 Å². The molecule has 0 aromatic carbocycles. The van der Waals surface area contributed by atoms with Gasteiger partial charge in [0.1, 0.15) is 0 Å². The fraction of sp³-hybridized carbons (Fsp3) is 0.278. The summed E-state index contributed by atoms with van der Waals surface area (Å²) in [6, 6.07) is 4.25. The highest BCUT2D eigenvalue weighted by Crippen LogP contribution is 2.43. The quantitative estimate of drug-likeness (QED) is 0.794. The van der Waals surface area contributed by atoms with E-state index in [4.69, 9.17) is 0 Å². The van der Waals surface area contributed by atoms with Crippen LogP contribution in [0.2, 0.25) is 0 Å². The summed E-state index contributed by atoms with van der Waals surface area (Å²) in [5, 5.41) is 0. The van der Waals surface area contributed by atoms with Crippen molar-refractivity contribution in [1.82, 2.24) is 9.88 Å². The maximum Gasteiger partial charge on any atom is 0.0407 e. The Morgan fingerprint density at radius 3 is 2.90 bits per heavy atom. The summed E-state index contributed by atoms with van der Waals surface area (Å²) in [7, 11) is 2.07. The number of hydrogen-bond donors (Lipinski definition) is 0. The molecule has 0 amide bonds. The van der Waals surface area contributed by atoms with Gasteiger partial charge in [-0.05, 0) is 43.0 Å². The van der Waals surface area contributed by atoms with E-state index in [0.29, 0.717) is 0 Å². The second-order valence-electron chi connectivity index (χ2n) is 5.51. The Morgan fingerprint density at radius 2 is 2.20 bits per heavy atom. The molecule has 0 saturated heterocycles. The molecule has 1 aliphatic heterocycles. The molecule has 1 aromatic rings. The Morgan fingerprint density at radius 1 is 1.40 bits per heavy atom. The minimum atomic E-state index is 1.05. The zero-order valence-corrected chi connectivity index (χ0v) is 12.4. The van der Waals surface area contributed by atoms with E-state index in [-0.39, 0.29) is 0 Å². The lowest BCUT2D eigenvalue weighted by atomic mass is 9.91. The van der Waals surface area contributed by atoms with Crippen LogP contribution >= 0.6 is 0 Å². The minimum absolute atomic E-state index is 1.05. The van der Waals surface area contributed by atoms with Crippen LogP contribution in [-0.4, -0.2) is 16.9 Å². The summed E-state index contributed by atoms with van der Waals surface area (Å²) in [5.74, 6) is 0. The number of nitrogens with zero attached hydrogens (tertiary/aromatic N) is 2. The van der Waals surface area contributed by atoms with Gasteiger partial charge in [-0.25, -0.2) is 0 Å². The van der Waals surface area contributed by atoms with E-state index in [2.05, 4.69) is 54.8 Å². The molecule has 0 spiro atoms. The lowest BCUT2D eigenvalue weighted by Crippen LogP contribution is -2.16. The summed E-state index contributed by atoms with van der Waals surface area (Å²) >= 11 is 0. The molecule has 20 heavy (non-hydrogen) atoms. The molecule has 0 atom stereocenters. The smallest absolute Gasteiger partial charge is 0.0407 e. The summed E-state index contributed by atoms with van der Waals surface area (Å²) in [4.78, 5) is 6.42. The summed E-state index contributed by atoms with van der Waals surface area (Å²) in [6.07, 6.45) is 8.55. The molecule has 2 nitrogen and oxygen atoms in total. The summed E-state index contributed by atoms with van der Waals surface area (Å²) < 4.78 is 0. The average Bonchev–Trinajstić information content (AvgIpc) is 2.87. The second kappa shape index (κ2) is 4.78. The molecule has 3 rings (SSSR count). The van der Waals surface area contributed by atoms with Crippen molar-refractivity contribution >= 4 is 5.57 Å². The fourth-order valence-electron chi connectivity index (χ4n) is 2.89. The summed E-state index contributed by atoms with van der Waals surface area (Å²) in [6.45, 7) is 8.47. The highest BCUT2D eigenvalue weighted by molar-refractivity contribution is 5.85. The molecular formula is C18H20N2. The fourth-order valence-corrected chi connectivity index (χ4v) is 2.89. The SMILES string of the molecule is C=C1C2=C(CC(CC)=C2)C(c2ccnc(C)c2)=CN1C. The normalized spacial score (nSPS) is 18.1. The lowest BCUT2D eigenvalue weighted by Gasteiger charge is -2.27. The first-order valence-electron chi connectivity index (χ1n) is 7.10. The molecule has 0 saturated carbocycles. The van der Waals surface area contributed by atoms with Crippen molar-refractivity contribution in [1.29, 1.82) is 0 Å². The largest absolute Gasteiger partial charge is 0.350 e. The van der Waals surface area contributed by atoms with E-state index in [1.165, 1.54) is 27.9 Å². The van der Waals surface area contributed by atoms with Crippen LogP contribution in [0.4, 0.5) is 0 Å². The molecule has 2 heteroatoms. The Hall–Kier alpha value is -2.09. The van der Waals surface area contributed by atoms with E-state index in [1.807, 2.05) is 13.1 Å². The third-order valence-electron chi connectivity index (χ3n) is 4.12. The number of aromatic nitrogens is 1. The van der Waals surface area contributed by atoms with Crippen molar-refractivity contribution in [3.63, 3.8) is 0 Å². The topological polar surface area (TPSA) is 16.1 Å². The molecule has 1 aliphatic carbocycles. The van der Waals surface area contributed by atoms with Crippen LogP contribution < -0.4 is 0 Å². The van der Waals surface area contributed by atoms with Crippen molar-refractivity contribution < 1.29 is 0 Å². The van der Waals surface area contributed by atoms with Crippen molar-refractivity contribution in [2.24, 2.45) is 0 Å². The number of allylic oxidation sites excluding steroid dienone is 4. The van der Waals surface area contributed by atoms with Crippen LogP contribution in [0.15, 0.2) is 59.6 Å². The molecule has 1 aromatic heterocycles. The Bertz CT molecular complexity index is 674. The van der Waals surface area contributed by atoms with Gasteiger partial charge in [-0.2, -0.15) is 0 Å². The van der Waals surface area contributed by atoms with Crippen molar-refractivity contribution in [3.8, 4) is 0 Å².